The Kier molecular flexibility index (Phi) is 3.38. The van der Waals surface area contributed by atoms with Gasteiger partial charge < -0.3 is 14.4 Å². The summed E-state index contributed by atoms with van der Waals surface area (Å²) in [6.45, 7) is 8.46. The molecule has 1 aromatic rings. The van der Waals surface area contributed by atoms with Gasteiger partial charge in [-0.1, -0.05) is 5.21 Å². The first-order valence-electron chi connectivity index (χ1n) is 7.64. The number of hydrogen-bond acceptors (Lipinski definition) is 5. The number of aromatic nitrogens is 3. The quantitative estimate of drug-likeness (QED) is 0.828. The fraction of sp³-hybridized carbons (Fsp3) is 0.786. The van der Waals surface area contributed by atoms with E-state index in [1.807, 2.05) is 33.9 Å². The molecule has 1 saturated heterocycles. The van der Waals surface area contributed by atoms with Crippen molar-refractivity contribution in [3.8, 4) is 0 Å². The first-order valence-corrected chi connectivity index (χ1v) is 7.64. The number of nitrogens with zero attached hydrogens (tertiary/aromatic N) is 3. The molecule has 0 unspecified atom stereocenters. The summed E-state index contributed by atoms with van der Waals surface area (Å²) in [5.41, 5.74) is 0.0930. The average Bonchev–Trinajstić information content (AvgIpc) is 3.00. The number of carboxylic acids is 1. The van der Waals surface area contributed by atoms with Gasteiger partial charge in [0.25, 0.3) is 0 Å². The van der Waals surface area contributed by atoms with Gasteiger partial charge in [-0.05, 0) is 40.5 Å². The summed E-state index contributed by atoms with van der Waals surface area (Å²) in [6, 6.07) is 0. The molecular weight excluding hydrogens is 285 g/mol. The molecule has 0 aromatic carbocycles. The standard InChI is InChI=1S/C14H22BN3O4/c1-12(2)13(3,4)22-15(21-12)14(6-7-14)10-9-18(17-16-10)8-5-11(19)20/h9H,5-8H2,1-4H3,(H,19,20). The van der Waals surface area contributed by atoms with Gasteiger partial charge in [0.15, 0.2) is 0 Å². The summed E-state index contributed by atoms with van der Waals surface area (Å²) in [6.07, 6.45) is 3.75. The molecule has 1 aromatic heterocycles. The fourth-order valence-corrected chi connectivity index (χ4v) is 2.66. The van der Waals surface area contributed by atoms with Gasteiger partial charge in [0, 0.05) is 6.20 Å². The number of carbonyl (C=O) groups is 1. The van der Waals surface area contributed by atoms with Crippen LogP contribution in [0.5, 0.6) is 0 Å². The van der Waals surface area contributed by atoms with Crippen LogP contribution in [0.4, 0.5) is 0 Å². The molecule has 0 bridgehead atoms. The van der Waals surface area contributed by atoms with Gasteiger partial charge in [0.05, 0.1) is 35.2 Å². The van der Waals surface area contributed by atoms with Crippen LogP contribution >= 0.6 is 0 Å². The number of rotatable bonds is 5. The van der Waals surface area contributed by atoms with Crippen molar-refractivity contribution in [2.45, 2.75) is 70.0 Å². The normalized spacial score (nSPS) is 24.5. The number of aryl methyl sites for hydroxylation is 1. The molecule has 3 rings (SSSR count). The Hall–Kier alpha value is -1.41. The molecule has 2 heterocycles. The molecule has 1 saturated carbocycles. The molecule has 1 aliphatic heterocycles. The molecular formula is C14H22BN3O4. The zero-order valence-corrected chi connectivity index (χ0v) is 13.5. The monoisotopic (exact) mass is 307 g/mol. The van der Waals surface area contributed by atoms with Crippen LogP contribution in [-0.4, -0.2) is 44.4 Å². The van der Waals surface area contributed by atoms with Crippen molar-refractivity contribution in [3.05, 3.63) is 11.9 Å². The Labute approximate surface area is 130 Å². The minimum Gasteiger partial charge on any atom is -0.481 e. The van der Waals surface area contributed by atoms with Crippen molar-refractivity contribution < 1.29 is 19.2 Å². The predicted octanol–water partition coefficient (Wildman–Crippen LogP) is 1.42. The first-order chi connectivity index (χ1) is 10.2. The van der Waals surface area contributed by atoms with E-state index in [9.17, 15) is 4.79 Å². The summed E-state index contributed by atoms with van der Waals surface area (Å²) in [7, 11) is -0.331. The first kappa shape index (κ1) is 15.5. The SMILES string of the molecule is CC1(C)OB(C2(c3cn(CCC(=O)O)nn3)CC2)OC1(C)C. The Morgan fingerprint density at radius 2 is 1.91 bits per heavy atom. The third-order valence-electron chi connectivity index (χ3n) is 5.10. The van der Waals surface area contributed by atoms with E-state index in [0.29, 0.717) is 6.54 Å². The van der Waals surface area contributed by atoms with Gasteiger partial charge >= 0.3 is 13.1 Å². The summed E-state index contributed by atoms with van der Waals surface area (Å²) < 4.78 is 13.9. The lowest BCUT2D eigenvalue weighted by Gasteiger charge is -2.32. The van der Waals surface area contributed by atoms with E-state index in [0.717, 1.165) is 18.5 Å². The molecule has 0 spiro atoms. The Morgan fingerprint density at radius 1 is 1.32 bits per heavy atom. The number of carboxylic acid groups (broad SMARTS) is 1. The molecule has 0 radical (unpaired) electrons. The lowest BCUT2D eigenvalue weighted by molar-refractivity contribution is -0.137. The zero-order valence-electron chi connectivity index (χ0n) is 13.5. The summed E-state index contributed by atoms with van der Waals surface area (Å²) in [5, 5.41) is 16.8. The minimum atomic E-state index is -0.843. The van der Waals surface area contributed by atoms with E-state index < -0.39 is 5.97 Å². The second-order valence-electron chi connectivity index (χ2n) is 7.25. The number of aliphatic carboxylic acids is 1. The maximum absolute atomic E-state index is 10.6. The smallest absolute Gasteiger partial charge is 0.470 e. The van der Waals surface area contributed by atoms with Crippen molar-refractivity contribution in [2.24, 2.45) is 0 Å². The topological polar surface area (TPSA) is 86.5 Å². The van der Waals surface area contributed by atoms with Crippen molar-refractivity contribution in [1.29, 1.82) is 0 Å². The lowest BCUT2D eigenvalue weighted by Crippen LogP contribution is -2.41. The molecule has 1 N–H and O–H groups in total. The van der Waals surface area contributed by atoms with Crippen LogP contribution in [-0.2, 0) is 26.0 Å². The van der Waals surface area contributed by atoms with Gasteiger partial charge in [-0.15, -0.1) is 5.10 Å². The number of hydrogen-bond donors (Lipinski definition) is 1. The van der Waals surface area contributed by atoms with Gasteiger partial charge in [-0.25, -0.2) is 0 Å². The third-order valence-corrected chi connectivity index (χ3v) is 5.10. The van der Waals surface area contributed by atoms with E-state index in [-0.39, 0.29) is 30.1 Å². The maximum Gasteiger partial charge on any atom is 0.470 e. The van der Waals surface area contributed by atoms with Crippen LogP contribution in [0.3, 0.4) is 0 Å². The molecule has 0 amide bonds. The van der Waals surface area contributed by atoms with E-state index >= 15 is 0 Å². The highest BCUT2D eigenvalue weighted by Crippen LogP contribution is 2.54. The van der Waals surface area contributed by atoms with Gasteiger partial charge in [-0.2, -0.15) is 0 Å². The summed E-state index contributed by atoms with van der Waals surface area (Å²) in [5.74, 6) is -0.843. The van der Waals surface area contributed by atoms with Crippen molar-refractivity contribution in [3.63, 3.8) is 0 Å². The second-order valence-corrected chi connectivity index (χ2v) is 7.25. The van der Waals surface area contributed by atoms with Crippen LogP contribution in [0.25, 0.3) is 0 Å². The average molecular weight is 307 g/mol. The highest BCUT2D eigenvalue weighted by Gasteiger charge is 2.66. The van der Waals surface area contributed by atoms with Gasteiger partial charge in [0.1, 0.15) is 0 Å². The van der Waals surface area contributed by atoms with E-state index in [4.69, 9.17) is 14.4 Å². The zero-order chi connectivity index (χ0) is 16.2. The fourth-order valence-electron chi connectivity index (χ4n) is 2.66. The molecule has 120 valence electrons. The molecule has 7 nitrogen and oxygen atoms in total. The van der Waals surface area contributed by atoms with Crippen molar-refractivity contribution in [2.75, 3.05) is 0 Å². The summed E-state index contributed by atoms with van der Waals surface area (Å²) in [4.78, 5) is 10.6. The largest absolute Gasteiger partial charge is 0.481 e. The Morgan fingerprint density at radius 3 is 2.41 bits per heavy atom. The lowest BCUT2D eigenvalue weighted by atomic mass is 9.66. The molecule has 2 aliphatic rings. The second kappa shape index (κ2) is 4.79. The van der Waals surface area contributed by atoms with Crippen LogP contribution in [0.1, 0.15) is 52.7 Å². The van der Waals surface area contributed by atoms with Crippen molar-refractivity contribution in [1.82, 2.24) is 15.0 Å². The highest BCUT2D eigenvalue weighted by molar-refractivity contribution is 6.51. The van der Waals surface area contributed by atoms with Crippen LogP contribution in [0, 0.1) is 0 Å². The van der Waals surface area contributed by atoms with Crippen LogP contribution < -0.4 is 0 Å². The highest BCUT2D eigenvalue weighted by atomic mass is 16.7. The summed E-state index contributed by atoms with van der Waals surface area (Å²) >= 11 is 0. The molecule has 2 fully saturated rings. The van der Waals surface area contributed by atoms with Gasteiger partial charge in [0.2, 0.25) is 0 Å². The third kappa shape index (κ3) is 2.44. The maximum atomic E-state index is 10.6. The minimum absolute atomic E-state index is 0.0340. The molecule has 0 atom stereocenters. The van der Waals surface area contributed by atoms with Gasteiger partial charge in [-0.3, -0.25) is 9.48 Å². The Bertz CT molecular complexity index is 579. The Balaban J connectivity index is 1.76. The van der Waals surface area contributed by atoms with Crippen molar-refractivity contribution >= 4 is 13.1 Å². The predicted molar refractivity (Wildman–Crippen MR) is 79.3 cm³/mol. The van der Waals surface area contributed by atoms with E-state index in [2.05, 4.69) is 10.3 Å². The van der Waals surface area contributed by atoms with E-state index in [1.54, 1.807) is 4.68 Å². The van der Waals surface area contributed by atoms with E-state index in [1.165, 1.54) is 0 Å². The molecule has 8 heteroatoms. The van der Waals surface area contributed by atoms with Crippen LogP contribution in [0.2, 0.25) is 0 Å². The molecule has 22 heavy (non-hydrogen) atoms. The molecule has 1 aliphatic carbocycles. The van der Waals surface area contributed by atoms with Crippen LogP contribution in [0.15, 0.2) is 6.20 Å².